The van der Waals surface area contributed by atoms with Gasteiger partial charge in [-0.05, 0) is 30.5 Å². The number of fused-ring (bicyclic) bond motifs is 1. The number of hydrogen-bond donors (Lipinski definition) is 2. The van der Waals surface area contributed by atoms with Crippen LogP contribution in [0.3, 0.4) is 0 Å². The van der Waals surface area contributed by atoms with Crippen LogP contribution in [0.5, 0.6) is 11.5 Å². The highest BCUT2D eigenvalue weighted by Gasteiger charge is 2.11. The summed E-state index contributed by atoms with van der Waals surface area (Å²) in [6, 6.07) is 6.03. The van der Waals surface area contributed by atoms with Crippen molar-refractivity contribution in [1.82, 2.24) is 5.32 Å². The molecule has 2 rings (SSSR count). The summed E-state index contributed by atoms with van der Waals surface area (Å²) >= 11 is 0. The summed E-state index contributed by atoms with van der Waals surface area (Å²) in [5, 5.41) is 3.10. The van der Waals surface area contributed by atoms with Gasteiger partial charge < -0.3 is 20.5 Å². The average molecular weight is 263 g/mol. The molecule has 0 unspecified atom stereocenters. The SMILES string of the molecule is CCCN=C(N)NCCc1ccc2c(c1)OCCO2. The molecule has 0 saturated carbocycles. The van der Waals surface area contributed by atoms with Crippen LogP contribution >= 0.6 is 0 Å². The minimum Gasteiger partial charge on any atom is -0.486 e. The smallest absolute Gasteiger partial charge is 0.188 e. The first-order valence-electron chi connectivity index (χ1n) is 6.72. The number of ether oxygens (including phenoxy) is 2. The Morgan fingerprint density at radius 2 is 2.11 bits per heavy atom. The number of aliphatic imine (C=N–C) groups is 1. The van der Waals surface area contributed by atoms with E-state index in [1.165, 1.54) is 5.56 Å². The van der Waals surface area contributed by atoms with Gasteiger partial charge in [0.1, 0.15) is 13.2 Å². The first-order chi connectivity index (χ1) is 9.29. The van der Waals surface area contributed by atoms with Crippen LogP contribution in [-0.4, -0.2) is 32.3 Å². The number of nitrogens with one attached hydrogen (secondary N) is 1. The second-order valence-corrected chi connectivity index (χ2v) is 4.42. The van der Waals surface area contributed by atoms with Crippen molar-refractivity contribution >= 4 is 5.96 Å². The summed E-state index contributed by atoms with van der Waals surface area (Å²) < 4.78 is 11.0. The van der Waals surface area contributed by atoms with Crippen LogP contribution in [0.4, 0.5) is 0 Å². The molecule has 5 nitrogen and oxygen atoms in total. The van der Waals surface area contributed by atoms with E-state index in [4.69, 9.17) is 15.2 Å². The lowest BCUT2D eigenvalue weighted by molar-refractivity contribution is 0.171. The number of nitrogens with zero attached hydrogens (tertiary/aromatic N) is 1. The Labute approximate surface area is 113 Å². The second-order valence-electron chi connectivity index (χ2n) is 4.42. The Balaban J connectivity index is 1.83. The zero-order chi connectivity index (χ0) is 13.5. The largest absolute Gasteiger partial charge is 0.486 e. The van der Waals surface area contributed by atoms with E-state index < -0.39 is 0 Å². The molecule has 0 spiro atoms. The van der Waals surface area contributed by atoms with Gasteiger partial charge in [-0.3, -0.25) is 4.99 Å². The van der Waals surface area contributed by atoms with Gasteiger partial charge in [-0.15, -0.1) is 0 Å². The molecular formula is C14H21N3O2. The molecule has 0 fully saturated rings. The average Bonchev–Trinajstić information content (AvgIpc) is 2.45. The first-order valence-corrected chi connectivity index (χ1v) is 6.72. The highest BCUT2D eigenvalue weighted by Crippen LogP contribution is 2.30. The lowest BCUT2D eigenvalue weighted by Crippen LogP contribution is -2.33. The summed E-state index contributed by atoms with van der Waals surface area (Å²) in [6.07, 6.45) is 1.88. The zero-order valence-electron chi connectivity index (χ0n) is 11.3. The van der Waals surface area contributed by atoms with Gasteiger partial charge in [-0.2, -0.15) is 0 Å². The molecule has 1 heterocycles. The van der Waals surface area contributed by atoms with Gasteiger partial charge in [-0.25, -0.2) is 0 Å². The molecule has 5 heteroatoms. The van der Waals surface area contributed by atoms with Crippen molar-refractivity contribution in [2.45, 2.75) is 19.8 Å². The first kappa shape index (κ1) is 13.5. The van der Waals surface area contributed by atoms with Crippen molar-refractivity contribution < 1.29 is 9.47 Å². The second kappa shape index (κ2) is 6.87. The number of hydrogen-bond acceptors (Lipinski definition) is 3. The van der Waals surface area contributed by atoms with Gasteiger partial charge in [0.05, 0.1) is 0 Å². The van der Waals surface area contributed by atoms with E-state index in [0.717, 1.165) is 37.4 Å². The third-order valence-corrected chi connectivity index (χ3v) is 2.83. The monoisotopic (exact) mass is 263 g/mol. The summed E-state index contributed by atoms with van der Waals surface area (Å²) in [6.45, 7) is 4.84. The minimum absolute atomic E-state index is 0.513. The summed E-state index contributed by atoms with van der Waals surface area (Å²) in [4.78, 5) is 4.18. The Morgan fingerprint density at radius 3 is 2.89 bits per heavy atom. The molecule has 0 atom stereocenters. The van der Waals surface area contributed by atoms with Crippen molar-refractivity contribution in [1.29, 1.82) is 0 Å². The molecule has 0 aliphatic carbocycles. The van der Waals surface area contributed by atoms with Crippen LogP contribution in [0, 0.1) is 0 Å². The minimum atomic E-state index is 0.513. The van der Waals surface area contributed by atoms with Crippen molar-refractivity contribution in [3.8, 4) is 11.5 Å². The quantitative estimate of drug-likeness (QED) is 0.621. The molecule has 1 aliphatic rings. The standard InChI is InChI=1S/C14H21N3O2/c1-2-6-16-14(15)17-7-5-11-3-4-12-13(10-11)19-9-8-18-12/h3-4,10H,2,5-9H2,1H3,(H3,15,16,17). The molecule has 1 aliphatic heterocycles. The van der Waals surface area contributed by atoms with Crippen molar-refractivity contribution in [2.24, 2.45) is 10.7 Å². The molecule has 0 saturated heterocycles. The molecule has 0 radical (unpaired) electrons. The van der Waals surface area contributed by atoms with Crippen LogP contribution in [0.1, 0.15) is 18.9 Å². The number of rotatable bonds is 5. The van der Waals surface area contributed by atoms with Gasteiger partial charge in [0.2, 0.25) is 0 Å². The van der Waals surface area contributed by atoms with E-state index in [2.05, 4.69) is 23.3 Å². The molecule has 0 amide bonds. The van der Waals surface area contributed by atoms with Gasteiger partial charge in [0.25, 0.3) is 0 Å². The maximum absolute atomic E-state index is 5.73. The third kappa shape index (κ3) is 4.05. The van der Waals surface area contributed by atoms with Crippen LogP contribution in [0.15, 0.2) is 23.2 Å². The number of nitrogens with two attached hydrogens (primary N) is 1. The van der Waals surface area contributed by atoms with E-state index in [9.17, 15) is 0 Å². The number of guanidine groups is 1. The fraction of sp³-hybridized carbons (Fsp3) is 0.500. The molecular weight excluding hydrogens is 242 g/mol. The highest BCUT2D eigenvalue weighted by atomic mass is 16.6. The summed E-state index contributed by atoms with van der Waals surface area (Å²) in [5.74, 6) is 2.17. The predicted molar refractivity (Wildman–Crippen MR) is 75.9 cm³/mol. The van der Waals surface area contributed by atoms with Gasteiger partial charge in [0, 0.05) is 13.1 Å². The molecule has 3 N–H and O–H groups in total. The maximum atomic E-state index is 5.73. The molecule has 1 aromatic carbocycles. The number of benzene rings is 1. The van der Waals surface area contributed by atoms with Crippen molar-refractivity contribution in [2.75, 3.05) is 26.3 Å². The molecule has 0 bridgehead atoms. The van der Waals surface area contributed by atoms with Gasteiger partial charge >= 0.3 is 0 Å². The van der Waals surface area contributed by atoms with E-state index >= 15 is 0 Å². The molecule has 1 aromatic rings. The van der Waals surface area contributed by atoms with Crippen LogP contribution < -0.4 is 20.5 Å². The van der Waals surface area contributed by atoms with E-state index in [-0.39, 0.29) is 0 Å². The highest BCUT2D eigenvalue weighted by molar-refractivity contribution is 5.77. The zero-order valence-corrected chi connectivity index (χ0v) is 11.3. The van der Waals surface area contributed by atoms with E-state index in [1.54, 1.807) is 0 Å². The Morgan fingerprint density at radius 1 is 1.32 bits per heavy atom. The fourth-order valence-electron chi connectivity index (χ4n) is 1.87. The third-order valence-electron chi connectivity index (χ3n) is 2.83. The molecule has 19 heavy (non-hydrogen) atoms. The Kier molecular flexibility index (Phi) is 4.89. The van der Waals surface area contributed by atoms with Crippen molar-refractivity contribution in [3.05, 3.63) is 23.8 Å². The van der Waals surface area contributed by atoms with E-state index in [1.807, 2.05) is 12.1 Å². The predicted octanol–water partition coefficient (Wildman–Crippen LogP) is 1.31. The Hall–Kier alpha value is -1.91. The van der Waals surface area contributed by atoms with E-state index in [0.29, 0.717) is 19.2 Å². The normalized spacial score (nSPS) is 14.3. The maximum Gasteiger partial charge on any atom is 0.188 e. The topological polar surface area (TPSA) is 68.9 Å². The van der Waals surface area contributed by atoms with Crippen LogP contribution in [-0.2, 0) is 6.42 Å². The Bertz CT molecular complexity index is 446. The van der Waals surface area contributed by atoms with Crippen LogP contribution in [0.2, 0.25) is 0 Å². The van der Waals surface area contributed by atoms with Gasteiger partial charge in [-0.1, -0.05) is 13.0 Å². The lowest BCUT2D eigenvalue weighted by atomic mass is 10.1. The van der Waals surface area contributed by atoms with Gasteiger partial charge in [0.15, 0.2) is 17.5 Å². The fourth-order valence-corrected chi connectivity index (χ4v) is 1.87. The molecule has 0 aromatic heterocycles. The summed E-state index contributed by atoms with van der Waals surface area (Å²) in [5.41, 5.74) is 6.92. The summed E-state index contributed by atoms with van der Waals surface area (Å²) in [7, 11) is 0. The van der Waals surface area contributed by atoms with Crippen LogP contribution in [0.25, 0.3) is 0 Å². The lowest BCUT2D eigenvalue weighted by Gasteiger charge is -2.18. The molecule has 104 valence electrons. The van der Waals surface area contributed by atoms with Crippen molar-refractivity contribution in [3.63, 3.8) is 0 Å².